The van der Waals surface area contributed by atoms with E-state index in [9.17, 15) is 4.79 Å². The maximum atomic E-state index is 12.1. The van der Waals surface area contributed by atoms with E-state index < -0.39 is 0 Å². The SMILES string of the molecule is O=C(Nc1ccc(-c2ccccn2)cn1)c1cccc(Cl)c1. The van der Waals surface area contributed by atoms with Crippen molar-refractivity contribution in [3.63, 3.8) is 0 Å². The quantitative estimate of drug-likeness (QED) is 0.794. The summed E-state index contributed by atoms with van der Waals surface area (Å²) in [6.07, 6.45) is 3.40. The Bertz CT molecular complexity index is 789. The van der Waals surface area contributed by atoms with E-state index in [1.54, 1.807) is 42.7 Å². The minimum atomic E-state index is -0.249. The van der Waals surface area contributed by atoms with Crippen LogP contribution in [0.1, 0.15) is 10.4 Å². The number of halogens is 1. The van der Waals surface area contributed by atoms with Crippen molar-refractivity contribution in [3.05, 3.63) is 77.6 Å². The Balaban J connectivity index is 1.75. The van der Waals surface area contributed by atoms with E-state index in [0.717, 1.165) is 11.3 Å². The van der Waals surface area contributed by atoms with Gasteiger partial charge in [0, 0.05) is 28.5 Å². The lowest BCUT2D eigenvalue weighted by Gasteiger charge is -2.06. The number of pyridine rings is 2. The molecule has 22 heavy (non-hydrogen) atoms. The van der Waals surface area contributed by atoms with Crippen LogP contribution in [0, 0.1) is 0 Å². The molecule has 3 aromatic rings. The molecule has 0 aliphatic carbocycles. The van der Waals surface area contributed by atoms with Gasteiger partial charge < -0.3 is 5.32 Å². The van der Waals surface area contributed by atoms with Crippen LogP contribution >= 0.6 is 11.6 Å². The summed E-state index contributed by atoms with van der Waals surface area (Å²) in [5.41, 5.74) is 2.21. The van der Waals surface area contributed by atoms with Gasteiger partial charge in [-0.25, -0.2) is 4.98 Å². The second kappa shape index (κ2) is 6.37. The fourth-order valence-corrected chi connectivity index (χ4v) is 2.16. The maximum Gasteiger partial charge on any atom is 0.256 e. The second-order valence-electron chi connectivity index (χ2n) is 4.61. The van der Waals surface area contributed by atoms with Crippen molar-refractivity contribution in [2.45, 2.75) is 0 Å². The molecule has 2 aromatic heterocycles. The largest absolute Gasteiger partial charge is 0.307 e. The molecule has 4 nitrogen and oxygen atoms in total. The number of hydrogen-bond donors (Lipinski definition) is 1. The van der Waals surface area contributed by atoms with Gasteiger partial charge in [-0.1, -0.05) is 23.7 Å². The van der Waals surface area contributed by atoms with Crippen molar-refractivity contribution in [2.24, 2.45) is 0 Å². The number of anilines is 1. The number of nitrogens with zero attached hydrogens (tertiary/aromatic N) is 2. The van der Waals surface area contributed by atoms with Gasteiger partial charge in [-0.05, 0) is 42.5 Å². The van der Waals surface area contributed by atoms with Crippen LogP contribution in [0.5, 0.6) is 0 Å². The molecule has 0 atom stereocenters. The van der Waals surface area contributed by atoms with Crippen LogP contribution in [0.4, 0.5) is 5.82 Å². The van der Waals surface area contributed by atoms with E-state index in [1.807, 2.05) is 24.3 Å². The molecule has 0 aliphatic rings. The summed E-state index contributed by atoms with van der Waals surface area (Å²) in [6, 6.07) is 16.0. The predicted molar refractivity (Wildman–Crippen MR) is 86.9 cm³/mol. The summed E-state index contributed by atoms with van der Waals surface area (Å²) in [7, 11) is 0. The van der Waals surface area contributed by atoms with Crippen LogP contribution < -0.4 is 5.32 Å². The number of benzene rings is 1. The average molecular weight is 310 g/mol. The fraction of sp³-hybridized carbons (Fsp3) is 0. The highest BCUT2D eigenvalue weighted by molar-refractivity contribution is 6.31. The number of nitrogens with one attached hydrogen (secondary N) is 1. The third-order valence-electron chi connectivity index (χ3n) is 3.05. The van der Waals surface area contributed by atoms with Gasteiger partial charge in [-0.3, -0.25) is 9.78 Å². The van der Waals surface area contributed by atoms with Crippen LogP contribution in [-0.4, -0.2) is 15.9 Å². The third-order valence-corrected chi connectivity index (χ3v) is 3.29. The highest BCUT2D eigenvalue weighted by Gasteiger charge is 2.07. The van der Waals surface area contributed by atoms with Crippen LogP contribution in [0.25, 0.3) is 11.3 Å². The number of amides is 1. The highest BCUT2D eigenvalue weighted by atomic mass is 35.5. The van der Waals surface area contributed by atoms with Gasteiger partial charge in [0.2, 0.25) is 0 Å². The van der Waals surface area contributed by atoms with Gasteiger partial charge in [0.15, 0.2) is 0 Å². The molecule has 1 N–H and O–H groups in total. The van der Waals surface area contributed by atoms with Gasteiger partial charge in [-0.2, -0.15) is 0 Å². The molecule has 0 radical (unpaired) electrons. The smallest absolute Gasteiger partial charge is 0.256 e. The van der Waals surface area contributed by atoms with Crippen LogP contribution in [-0.2, 0) is 0 Å². The first-order valence-corrected chi connectivity index (χ1v) is 7.04. The lowest BCUT2D eigenvalue weighted by molar-refractivity contribution is 0.102. The number of rotatable bonds is 3. The molecular formula is C17H12ClN3O. The van der Waals surface area contributed by atoms with E-state index in [4.69, 9.17) is 11.6 Å². The summed E-state index contributed by atoms with van der Waals surface area (Å²) in [5, 5.41) is 3.25. The Morgan fingerprint density at radius 3 is 2.59 bits per heavy atom. The molecule has 0 spiro atoms. The van der Waals surface area contributed by atoms with Gasteiger partial charge >= 0.3 is 0 Å². The zero-order valence-corrected chi connectivity index (χ0v) is 12.3. The van der Waals surface area contributed by atoms with Crippen LogP contribution in [0.15, 0.2) is 67.0 Å². The molecule has 5 heteroatoms. The maximum absolute atomic E-state index is 12.1. The van der Waals surface area contributed by atoms with E-state index in [-0.39, 0.29) is 5.91 Å². The Morgan fingerprint density at radius 1 is 1.00 bits per heavy atom. The van der Waals surface area contributed by atoms with Crippen molar-refractivity contribution < 1.29 is 4.79 Å². The zero-order valence-electron chi connectivity index (χ0n) is 11.5. The van der Waals surface area contributed by atoms with Crippen LogP contribution in [0.2, 0.25) is 5.02 Å². The van der Waals surface area contributed by atoms with E-state index in [2.05, 4.69) is 15.3 Å². The molecule has 2 heterocycles. The van der Waals surface area contributed by atoms with Crippen molar-refractivity contribution in [1.29, 1.82) is 0 Å². The first-order chi connectivity index (χ1) is 10.7. The van der Waals surface area contributed by atoms with Crippen molar-refractivity contribution in [3.8, 4) is 11.3 Å². The summed E-state index contributed by atoms with van der Waals surface area (Å²) in [5.74, 6) is 0.227. The molecule has 3 rings (SSSR count). The Hall–Kier alpha value is -2.72. The van der Waals surface area contributed by atoms with Gasteiger partial charge in [0.25, 0.3) is 5.91 Å². The molecule has 108 valence electrons. The summed E-state index contributed by atoms with van der Waals surface area (Å²) < 4.78 is 0. The zero-order chi connectivity index (χ0) is 15.4. The Kier molecular flexibility index (Phi) is 4.12. The summed E-state index contributed by atoms with van der Waals surface area (Å²) >= 11 is 5.88. The normalized spacial score (nSPS) is 10.2. The predicted octanol–water partition coefficient (Wildman–Crippen LogP) is 4.05. The molecular weight excluding hydrogens is 298 g/mol. The minimum Gasteiger partial charge on any atom is -0.307 e. The van der Waals surface area contributed by atoms with E-state index >= 15 is 0 Å². The lowest BCUT2D eigenvalue weighted by Crippen LogP contribution is -2.12. The highest BCUT2D eigenvalue weighted by Crippen LogP contribution is 2.17. The standard InChI is InChI=1S/C17H12ClN3O/c18-14-5-3-4-12(10-14)17(22)21-16-8-7-13(11-20-16)15-6-1-2-9-19-15/h1-11H,(H,20,21,22). The van der Waals surface area contributed by atoms with Crippen molar-refractivity contribution >= 4 is 23.3 Å². The first-order valence-electron chi connectivity index (χ1n) is 6.67. The number of carbonyl (C=O) groups excluding carboxylic acids is 1. The number of carbonyl (C=O) groups is 1. The van der Waals surface area contributed by atoms with Crippen molar-refractivity contribution in [2.75, 3.05) is 5.32 Å². The monoisotopic (exact) mass is 309 g/mol. The Labute approximate surface area is 132 Å². The van der Waals surface area contributed by atoms with Gasteiger partial charge in [0.05, 0.1) is 5.69 Å². The third kappa shape index (κ3) is 3.30. The van der Waals surface area contributed by atoms with Gasteiger partial charge in [-0.15, -0.1) is 0 Å². The molecule has 0 unspecified atom stereocenters. The second-order valence-corrected chi connectivity index (χ2v) is 5.05. The molecule has 1 amide bonds. The summed E-state index contributed by atoms with van der Waals surface area (Å²) in [4.78, 5) is 20.6. The molecule has 0 fully saturated rings. The Morgan fingerprint density at radius 2 is 1.91 bits per heavy atom. The topological polar surface area (TPSA) is 54.9 Å². The molecule has 0 aliphatic heterocycles. The first kappa shape index (κ1) is 14.2. The van der Waals surface area contributed by atoms with E-state index in [1.165, 1.54) is 0 Å². The summed E-state index contributed by atoms with van der Waals surface area (Å²) in [6.45, 7) is 0. The molecule has 0 bridgehead atoms. The number of hydrogen-bond acceptors (Lipinski definition) is 3. The molecule has 0 saturated carbocycles. The minimum absolute atomic E-state index is 0.249. The average Bonchev–Trinajstić information content (AvgIpc) is 2.56. The van der Waals surface area contributed by atoms with Crippen molar-refractivity contribution in [1.82, 2.24) is 9.97 Å². The molecule has 0 saturated heterocycles. The van der Waals surface area contributed by atoms with Gasteiger partial charge in [0.1, 0.15) is 5.82 Å². The van der Waals surface area contributed by atoms with E-state index in [0.29, 0.717) is 16.4 Å². The fourth-order valence-electron chi connectivity index (χ4n) is 1.97. The number of aromatic nitrogens is 2. The van der Waals surface area contributed by atoms with Crippen LogP contribution in [0.3, 0.4) is 0 Å². The molecule has 1 aromatic carbocycles. The lowest BCUT2D eigenvalue weighted by atomic mass is 10.2.